The van der Waals surface area contributed by atoms with Gasteiger partial charge in [0.15, 0.2) is 11.5 Å². The first-order valence-corrected chi connectivity index (χ1v) is 3.99. The molecule has 0 heterocycles. The lowest BCUT2D eigenvalue weighted by molar-refractivity contribution is 0.0644. The molecule has 0 aromatic heterocycles. The minimum absolute atomic E-state index is 0.511. The minimum Gasteiger partial charge on any atom is -0.507 e. The van der Waals surface area contributed by atoms with Gasteiger partial charge in [-0.05, 0) is 0 Å². The molecule has 7 heteroatoms. The number of hydrogen-bond acceptors (Lipinski definition) is 5. The van der Waals surface area contributed by atoms with Crippen molar-refractivity contribution in [1.82, 2.24) is 0 Å². The average molecular weight is 228 g/mol. The molecule has 86 valence electrons. The number of ether oxygens (including phenoxy) is 1. The number of aromatic hydroxyl groups is 2. The van der Waals surface area contributed by atoms with Crippen LogP contribution in [0.4, 0.5) is 0 Å². The molecule has 0 atom stereocenters. The predicted molar refractivity (Wildman–Crippen MR) is 50.2 cm³/mol. The van der Waals surface area contributed by atoms with E-state index in [4.69, 9.17) is 10.2 Å². The summed E-state index contributed by atoms with van der Waals surface area (Å²) in [6.45, 7) is 0. The van der Waals surface area contributed by atoms with Gasteiger partial charge in [0.2, 0.25) is 0 Å². The molecule has 0 bridgehead atoms. The van der Waals surface area contributed by atoms with Crippen molar-refractivity contribution in [3.63, 3.8) is 0 Å². The van der Waals surface area contributed by atoms with Crippen LogP contribution in [0.25, 0.3) is 0 Å². The van der Waals surface area contributed by atoms with Gasteiger partial charge in [0.1, 0.15) is 16.9 Å². The Morgan fingerprint density at radius 1 is 1.06 bits per heavy atom. The van der Waals surface area contributed by atoms with E-state index in [2.05, 4.69) is 4.74 Å². The van der Waals surface area contributed by atoms with Crippen LogP contribution in [-0.4, -0.2) is 39.5 Å². The lowest BCUT2D eigenvalue weighted by Gasteiger charge is -2.11. The minimum atomic E-state index is -1.63. The number of methoxy groups -OCH3 is 1. The van der Waals surface area contributed by atoms with Crippen molar-refractivity contribution >= 4 is 11.9 Å². The number of carbonyl (C=O) groups is 2. The fourth-order valence-corrected chi connectivity index (χ4v) is 1.26. The third-order valence-corrected chi connectivity index (χ3v) is 1.87. The molecule has 0 fully saturated rings. The van der Waals surface area contributed by atoms with Gasteiger partial charge in [-0.25, -0.2) is 9.59 Å². The van der Waals surface area contributed by atoms with Gasteiger partial charge in [-0.1, -0.05) is 0 Å². The zero-order chi connectivity index (χ0) is 12.5. The first kappa shape index (κ1) is 11.6. The van der Waals surface area contributed by atoms with E-state index < -0.39 is 40.3 Å². The fraction of sp³-hybridized carbons (Fsp3) is 0.111. The van der Waals surface area contributed by atoms with Crippen LogP contribution < -0.4 is 4.74 Å². The van der Waals surface area contributed by atoms with E-state index >= 15 is 0 Å². The number of hydrogen-bond donors (Lipinski definition) is 4. The summed E-state index contributed by atoms with van der Waals surface area (Å²) in [6, 6.07) is 0.703. The van der Waals surface area contributed by atoms with Crippen LogP contribution in [0, 0.1) is 0 Å². The lowest BCUT2D eigenvalue weighted by atomic mass is 10.0. The van der Waals surface area contributed by atoms with Gasteiger partial charge in [0.05, 0.1) is 7.11 Å². The Balaban J connectivity index is 3.72. The van der Waals surface area contributed by atoms with Gasteiger partial charge in [0, 0.05) is 6.07 Å². The number of carboxylic acid groups (broad SMARTS) is 2. The van der Waals surface area contributed by atoms with Crippen LogP contribution in [0.5, 0.6) is 17.2 Å². The Bertz CT molecular complexity index is 463. The van der Waals surface area contributed by atoms with Crippen LogP contribution in [0.1, 0.15) is 20.7 Å². The number of benzene rings is 1. The molecule has 0 saturated carbocycles. The van der Waals surface area contributed by atoms with Crippen molar-refractivity contribution < 1.29 is 34.8 Å². The van der Waals surface area contributed by atoms with Gasteiger partial charge in [-0.15, -0.1) is 0 Å². The average Bonchev–Trinajstić information content (AvgIpc) is 2.15. The van der Waals surface area contributed by atoms with Crippen molar-refractivity contribution in [2.45, 2.75) is 0 Å². The van der Waals surface area contributed by atoms with Crippen LogP contribution in [0.15, 0.2) is 6.07 Å². The third kappa shape index (κ3) is 1.70. The number of rotatable bonds is 3. The topological polar surface area (TPSA) is 124 Å². The lowest BCUT2D eigenvalue weighted by Crippen LogP contribution is -2.10. The summed E-state index contributed by atoms with van der Waals surface area (Å²) in [6.07, 6.45) is 0. The molecule has 0 spiro atoms. The largest absolute Gasteiger partial charge is 0.507 e. The summed E-state index contributed by atoms with van der Waals surface area (Å²) in [5, 5.41) is 36.1. The molecular formula is C9H8O7. The van der Waals surface area contributed by atoms with E-state index in [1.807, 2.05) is 0 Å². The molecule has 0 saturated heterocycles. The molecule has 0 unspecified atom stereocenters. The molecule has 4 N–H and O–H groups in total. The van der Waals surface area contributed by atoms with E-state index in [0.717, 1.165) is 7.11 Å². The summed E-state index contributed by atoms with van der Waals surface area (Å²) in [4.78, 5) is 21.6. The van der Waals surface area contributed by atoms with Gasteiger partial charge in [0.25, 0.3) is 0 Å². The summed E-state index contributed by atoms with van der Waals surface area (Å²) < 4.78 is 4.58. The van der Waals surface area contributed by atoms with Gasteiger partial charge >= 0.3 is 11.9 Å². The standard InChI is InChI=1S/C9H8O7/c1-16-7-4(11)2-3(10)5(8(12)13)6(7)9(14)15/h2,10-11H,1H3,(H,12,13)(H,14,15). The number of phenolic OH excluding ortho intramolecular Hbond substituents is 1. The smallest absolute Gasteiger partial charge is 0.340 e. The number of carboxylic acids is 2. The summed E-state index contributed by atoms with van der Waals surface area (Å²) in [5.41, 5.74) is -1.63. The van der Waals surface area contributed by atoms with E-state index in [-0.39, 0.29) is 0 Å². The van der Waals surface area contributed by atoms with Crippen LogP contribution in [-0.2, 0) is 0 Å². The highest BCUT2D eigenvalue weighted by Crippen LogP contribution is 2.38. The first-order chi connectivity index (χ1) is 7.40. The SMILES string of the molecule is COc1c(O)cc(O)c(C(=O)O)c1C(=O)O. The summed E-state index contributed by atoms with van der Waals surface area (Å²) in [7, 11) is 1.07. The normalized spacial score (nSPS) is 9.81. The van der Waals surface area contributed by atoms with Gasteiger partial charge in [-0.3, -0.25) is 0 Å². The van der Waals surface area contributed by atoms with E-state index in [1.165, 1.54) is 0 Å². The fourth-order valence-electron chi connectivity index (χ4n) is 1.26. The second kappa shape index (κ2) is 3.97. The van der Waals surface area contributed by atoms with E-state index in [0.29, 0.717) is 6.07 Å². The highest BCUT2D eigenvalue weighted by molar-refractivity contribution is 6.06. The van der Waals surface area contributed by atoms with Crippen LogP contribution in [0.3, 0.4) is 0 Å². The molecule has 16 heavy (non-hydrogen) atoms. The highest BCUT2D eigenvalue weighted by Gasteiger charge is 2.27. The van der Waals surface area contributed by atoms with Crippen LogP contribution >= 0.6 is 0 Å². The molecular weight excluding hydrogens is 220 g/mol. The second-order valence-electron chi connectivity index (χ2n) is 2.81. The zero-order valence-corrected chi connectivity index (χ0v) is 8.09. The van der Waals surface area contributed by atoms with Crippen molar-refractivity contribution in [2.24, 2.45) is 0 Å². The van der Waals surface area contributed by atoms with Gasteiger partial charge < -0.3 is 25.2 Å². The number of phenols is 2. The maximum Gasteiger partial charge on any atom is 0.340 e. The zero-order valence-electron chi connectivity index (χ0n) is 8.09. The van der Waals surface area contributed by atoms with E-state index in [9.17, 15) is 19.8 Å². The summed E-state index contributed by atoms with van der Waals surface area (Å²) >= 11 is 0. The first-order valence-electron chi connectivity index (χ1n) is 3.99. The molecule has 0 amide bonds. The monoisotopic (exact) mass is 228 g/mol. The van der Waals surface area contributed by atoms with Gasteiger partial charge in [-0.2, -0.15) is 0 Å². The molecule has 0 radical (unpaired) electrons. The predicted octanol–water partition coefficient (Wildman–Crippen LogP) is 0.503. The Morgan fingerprint density at radius 2 is 1.56 bits per heavy atom. The van der Waals surface area contributed by atoms with Crippen molar-refractivity contribution in [3.8, 4) is 17.2 Å². The Morgan fingerprint density at radius 3 is 1.94 bits per heavy atom. The molecule has 1 aromatic carbocycles. The molecule has 1 rings (SSSR count). The third-order valence-electron chi connectivity index (χ3n) is 1.87. The van der Waals surface area contributed by atoms with E-state index in [1.54, 1.807) is 0 Å². The second-order valence-corrected chi connectivity index (χ2v) is 2.81. The molecule has 7 nitrogen and oxygen atoms in total. The van der Waals surface area contributed by atoms with Crippen molar-refractivity contribution in [2.75, 3.05) is 7.11 Å². The van der Waals surface area contributed by atoms with Crippen molar-refractivity contribution in [3.05, 3.63) is 17.2 Å². The maximum atomic E-state index is 10.8. The molecule has 0 aliphatic carbocycles. The molecule has 1 aromatic rings. The van der Waals surface area contributed by atoms with Crippen molar-refractivity contribution in [1.29, 1.82) is 0 Å². The Hall–Kier alpha value is -2.44. The highest BCUT2D eigenvalue weighted by atomic mass is 16.5. The Labute approximate surface area is 89.1 Å². The van der Waals surface area contributed by atoms with Crippen LogP contribution in [0.2, 0.25) is 0 Å². The quantitative estimate of drug-likeness (QED) is 0.593. The molecule has 0 aliphatic rings. The summed E-state index contributed by atoms with van der Waals surface area (Å²) in [5.74, 6) is -5.26. The maximum absolute atomic E-state index is 10.8. The number of aromatic carboxylic acids is 2. The Kier molecular flexibility index (Phi) is 2.89. The molecule has 0 aliphatic heterocycles.